The average molecular weight is 201 g/mol. The molecule has 3 heteroatoms. The fourth-order valence-electron chi connectivity index (χ4n) is 1.50. The lowest BCUT2D eigenvalue weighted by atomic mass is 10.1. The molecule has 1 aromatic carbocycles. The van der Waals surface area contributed by atoms with E-state index >= 15 is 0 Å². The summed E-state index contributed by atoms with van der Waals surface area (Å²) in [4.78, 5) is 0. The summed E-state index contributed by atoms with van der Waals surface area (Å²) in [6.07, 6.45) is 2.74. The molecule has 0 unspecified atom stereocenters. The molecule has 1 aliphatic rings. The quantitative estimate of drug-likeness (QED) is 0.691. The summed E-state index contributed by atoms with van der Waals surface area (Å²) in [6.45, 7) is 2.27. The van der Waals surface area contributed by atoms with E-state index in [2.05, 4.69) is 6.07 Å². The number of fused-ring (bicyclic) bond motifs is 1. The number of nitriles is 1. The zero-order chi connectivity index (χ0) is 10.7. The molecule has 1 heterocycles. The van der Waals surface area contributed by atoms with E-state index < -0.39 is 0 Å². The Hall–Kier alpha value is -1.95. The highest BCUT2D eigenvalue weighted by molar-refractivity contribution is 5.78. The van der Waals surface area contributed by atoms with Crippen LogP contribution in [0.3, 0.4) is 0 Å². The molecule has 0 aliphatic carbocycles. The van der Waals surface area contributed by atoms with Crippen LogP contribution in [-0.2, 0) is 0 Å². The highest BCUT2D eigenvalue weighted by atomic mass is 16.7. The molecule has 0 saturated carbocycles. The Balaban J connectivity index is 2.38. The molecule has 15 heavy (non-hydrogen) atoms. The Bertz CT molecular complexity index is 443. The van der Waals surface area contributed by atoms with E-state index in [1.165, 1.54) is 0 Å². The van der Waals surface area contributed by atoms with Gasteiger partial charge < -0.3 is 9.47 Å². The molecule has 0 bridgehead atoms. The molecule has 0 amide bonds. The predicted octanol–water partition coefficient (Wildman–Crippen LogP) is 2.73. The maximum atomic E-state index is 8.97. The fraction of sp³-hybridized carbons (Fsp3) is 0.250. The third-order valence-corrected chi connectivity index (χ3v) is 2.21. The van der Waals surface area contributed by atoms with Crippen LogP contribution in [0.15, 0.2) is 24.3 Å². The number of hydrogen-bond acceptors (Lipinski definition) is 3. The first-order valence-corrected chi connectivity index (χ1v) is 4.85. The van der Waals surface area contributed by atoms with Gasteiger partial charge in [-0.05, 0) is 30.2 Å². The first-order valence-electron chi connectivity index (χ1n) is 4.85. The molecular formula is C12H11NO2. The summed E-state index contributed by atoms with van der Waals surface area (Å²) in [6, 6.07) is 7.72. The van der Waals surface area contributed by atoms with Crippen LogP contribution in [0.2, 0.25) is 0 Å². The van der Waals surface area contributed by atoms with E-state index in [0.717, 1.165) is 17.7 Å². The van der Waals surface area contributed by atoms with Gasteiger partial charge in [-0.1, -0.05) is 13.0 Å². The summed E-state index contributed by atoms with van der Waals surface area (Å²) >= 11 is 0. The lowest BCUT2D eigenvalue weighted by Crippen LogP contribution is -1.92. The van der Waals surface area contributed by atoms with Gasteiger partial charge in [0.25, 0.3) is 0 Å². The van der Waals surface area contributed by atoms with Gasteiger partial charge in [0.05, 0.1) is 11.6 Å². The van der Waals surface area contributed by atoms with E-state index in [4.69, 9.17) is 14.7 Å². The van der Waals surface area contributed by atoms with Gasteiger partial charge in [0.15, 0.2) is 11.5 Å². The van der Waals surface area contributed by atoms with Crippen LogP contribution in [-0.4, -0.2) is 6.79 Å². The van der Waals surface area contributed by atoms with Gasteiger partial charge in [-0.3, -0.25) is 0 Å². The van der Waals surface area contributed by atoms with Gasteiger partial charge in [-0.15, -0.1) is 0 Å². The van der Waals surface area contributed by atoms with Gasteiger partial charge in [-0.25, -0.2) is 0 Å². The maximum Gasteiger partial charge on any atom is 0.231 e. The molecule has 2 rings (SSSR count). The monoisotopic (exact) mass is 201 g/mol. The van der Waals surface area contributed by atoms with Crippen molar-refractivity contribution in [3.05, 3.63) is 29.8 Å². The molecule has 0 spiro atoms. The molecule has 1 aliphatic heterocycles. The topological polar surface area (TPSA) is 42.2 Å². The lowest BCUT2D eigenvalue weighted by Gasteiger charge is -2.00. The Morgan fingerprint density at radius 2 is 2.27 bits per heavy atom. The number of rotatable bonds is 2. The van der Waals surface area contributed by atoms with Gasteiger partial charge in [-0.2, -0.15) is 5.26 Å². The number of benzene rings is 1. The van der Waals surface area contributed by atoms with Crippen molar-refractivity contribution in [2.75, 3.05) is 6.79 Å². The van der Waals surface area contributed by atoms with Crippen LogP contribution < -0.4 is 9.47 Å². The zero-order valence-corrected chi connectivity index (χ0v) is 8.49. The van der Waals surface area contributed by atoms with Crippen LogP contribution in [0.5, 0.6) is 11.5 Å². The average Bonchev–Trinajstić information content (AvgIpc) is 2.72. The normalized spacial score (nSPS) is 13.7. The summed E-state index contributed by atoms with van der Waals surface area (Å²) in [5.74, 6) is 1.46. The molecule has 0 saturated heterocycles. The molecular weight excluding hydrogens is 190 g/mol. The molecule has 0 fully saturated rings. The standard InChI is InChI=1S/C12H11NO2/c1-2-3-10(7-13)9-4-5-11-12(6-9)15-8-14-11/h3-6H,2,8H2,1H3/b10-3+. The number of hydrogen-bond donors (Lipinski definition) is 0. The van der Waals surface area contributed by atoms with Crippen molar-refractivity contribution < 1.29 is 9.47 Å². The van der Waals surface area contributed by atoms with E-state index in [0.29, 0.717) is 11.3 Å². The smallest absolute Gasteiger partial charge is 0.231 e. The Morgan fingerprint density at radius 1 is 1.47 bits per heavy atom. The molecule has 3 nitrogen and oxygen atoms in total. The molecule has 1 aromatic rings. The summed E-state index contributed by atoms with van der Waals surface area (Å²) < 4.78 is 10.5. The van der Waals surface area contributed by atoms with E-state index in [9.17, 15) is 0 Å². The summed E-state index contributed by atoms with van der Waals surface area (Å²) in [7, 11) is 0. The van der Waals surface area contributed by atoms with Crippen molar-refractivity contribution in [1.82, 2.24) is 0 Å². The molecule has 0 aromatic heterocycles. The van der Waals surface area contributed by atoms with Crippen molar-refractivity contribution in [2.24, 2.45) is 0 Å². The zero-order valence-electron chi connectivity index (χ0n) is 8.49. The van der Waals surface area contributed by atoms with Crippen molar-refractivity contribution in [3.63, 3.8) is 0 Å². The van der Waals surface area contributed by atoms with E-state index in [1.54, 1.807) is 0 Å². The van der Waals surface area contributed by atoms with Gasteiger partial charge in [0.1, 0.15) is 0 Å². The van der Waals surface area contributed by atoms with Crippen LogP contribution >= 0.6 is 0 Å². The van der Waals surface area contributed by atoms with E-state index in [1.807, 2.05) is 31.2 Å². The van der Waals surface area contributed by atoms with Gasteiger partial charge in [0, 0.05) is 0 Å². The largest absolute Gasteiger partial charge is 0.454 e. The highest BCUT2D eigenvalue weighted by Crippen LogP contribution is 2.34. The number of ether oxygens (including phenoxy) is 2. The minimum absolute atomic E-state index is 0.262. The molecule has 76 valence electrons. The van der Waals surface area contributed by atoms with Crippen LogP contribution in [0.25, 0.3) is 5.57 Å². The minimum atomic E-state index is 0.262. The van der Waals surface area contributed by atoms with Crippen molar-refractivity contribution in [2.45, 2.75) is 13.3 Å². The van der Waals surface area contributed by atoms with E-state index in [-0.39, 0.29) is 6.79 Å². The third kappa shape index (κ3) is 1.79. The van der Waals surface area contributed by atoms with Gasteiger partial charge in [0.2, 0.25) is 6.79 Å². The number of allylic oxidation sites excluding steroid dienone is 2. The first kappa shape index (κ1) is 9.60. The van der Waals surface area contributed by atoms with Gasteiger partial charge >= 0.3 is 0 Å². The van der Waals surface area contributed by atoms with Crippen molar-refractivity contribution in [1.29, 1.82) is 5.26 Å². The van der Waals surface area contributed by atoms with Crippen LogP contribution in [0, 0.1) is 11.3 Å². The fourth-order valence-corrected chi connectivity index (χ4v) is 1.50. The molecule has 0 atom stereocenters. The van der Waals surface area contributed by atoms with Crippen molar-refractivity contribution in [3.8, 4) is 17.6 Å². The number of nitrogens with zero attached hydrogens (tertiary/aromatic N) is 1. The Labute approximate surface area is 88.5 Å². The van der Waals surface area contributed by atoms with Crippen LogP contribution in [0.4, 0.5) is 0 Å². The predicted molar refractivity (Wildman–Crippen MR) is 56.4 cm³/mol. The molecule has 0 radical (unpaired) electrons. The SMILES string of the molecule is CC/C=C(\C#N)c1ccc2c(c1)OCO2. The highest BCUT2D eigenvalue weighted by Gasteiger charge is 2.14. The second kappa shape index (κ2) is 4.05. The second-order valence-corrected chi connectivity index (χ2v) is 3.21. The minimum Gasteiger partial charge on any atom is -0.454 e. The third-order valence-electron chi connectivity index (χ3n) is 2.21. The second-order valence-electron chi connectivity index (χ2n) is 3.21. The first-order chi connectivity index (χ1) is 7.35. The Morgan fingerprint density at radius 3 is 3.00 bits per heavy atom. The van der Waals surface area contributed by atoms with Crippen LogP contribution in [0.1, 0.15) is 18.9 Å². The lowest BCUT2D eigenvalue weighted by molar-refractivity contribution is 0.174. The maximum absolute atomic E-state index is 8.97. The Kier molecular flexibility index (Phi) is 2.59. The van der Waals surface area contributed by atoms with Crippen molar-refractivity contribution >= 4 is 5.57 Å². The summed E-state index contributed by atoms with van der Waals surface area (Å²) in [5.41, 5.74) is 1.56. The summed E-state index contributed by atoms with van der Waals surface area (Å²) in [5, 5.41) is 8.97. The molecule has 0 N–H and O–H groups in total.